The first-order valence-electron chi connectivity index (χ1n) is 10.6. The van der Waals surface area contributed by atoms with E-state index in [2.05, 4.69) is 76.4 Å². The van der Waals surface area contributed by atoms with E-state index in [1.54, 1.807) is 22.3 Å². The third kappa shape index (κ3) is 3.50. The molecule has 4 rings (SSSR count). The van der Waals surface area contributed by atoms with E-state index in [0.29, 0.717) is 11.1 Å². The van der Waals surface area contributed by atoms with Gasteiger partial charge in [0.05, 0.1) is 0 Å². The SMILES string of the molecule is CC(c1ccc2c(c1)CC2)[Si](C)(C)O[Si](C)(C)C(C)c1ccc2c(c1)CC2. The smallest absolute Gasteiger partial charge is 0.180 e. The Labute approximate surface area is 167 Å². The van der Waals surface area contributed by atoms with E-state index in [1.807, 2.05) is 0 Å². The molecule has 0 amide bonds. The third-order valence-corrected chi connectivity index (χ3v) is 16.4. The maximum Gasteiger partial charge on any atom is 0.180 e. The van der Waals surface area contributed by atoms with E-state index in [0.717, 1.165) is 0 Å². The second kappa shape index (κ2) is 6.72. The number of rotatable bonds is 6. The van der Waals surface area contributed by atoms with Gasteiger partial charge in [0.2, 0.25) is 0 Å². The minimum Gasteiger partial charge on any atom is -0.455 e. The summed E-state index contributed by atoms with van der Waals surface area (Å²) in [7, 11) is -3.69. The molecule has 2 aromatic carbocycles. The topological polar surface area (TPSA) is 9.23 Å². The Kier molecular flexibility index (Phi) is 4.77. The number of hydrogen-bond acceptors (Lipinski definition) is 1. The molecule has 0 saturated heterocycles. The van der Waals surface area contributed by atoms with Crippen LogP contribution in [0.1, 0.15) is 58.3 Å². The van der Waals surface area contributed by atoms with E-state index in [9.17, 15) is 0 Å². The van der Waals surface area contributed by atoms with Crippen molar-refractivity contribution in [3.05, 3.63) is 69.8 Å². The first-order valence-corrected chi connectivity index (χ1v) is 16.6. The second-order valence-corrected chi connectivity index (χ2v) is 18.8. The van der Waals surface area contributed by atoms with Crippen molar-refractivity contribution in [3.8, 4) is 0 Å². The highest BCUT2D eigenvalue weighted by molar-refractivity contribution is 6.86. The lowest BCUT2D eigenvalue weighted by molar-refractivity contribution is 0.510. The summed E-state index contributed by atoms with van der Waals surface area (Å²) in [6, 6.07) is 14.3. The van der Waals surface area contributed by atoms with Crippen molar-refractivity contribution in [2.75, 3.05) is 0 Å². The maximum atomic E-state index is 7.11. The number of benzene rings is 2. The number of aryl methyl sites for hydroxylation is 4. The van der Waals surface area contributed by atoms with Gasteiger partial charge < -0.3 is 4.12 Å². The van der Waals surface area contributed by atoms with Gasteiger partial charge in [0, 0.05) is 0 Å². The second-order valence-electron chi connectivity index (χ2n) is 9.81. The highest BCUT2D eigenvalue weighted by Crippen LogP contribution is 2.38. The molecule has 0 aliphatic heterocycles. The quantitative estimate of drug-likeness (QED) is 0.523. The Balaban J connectivity index is 1.52. The molecule has 0 radical (unpaired) electrons. The molecular formula is C24H34OSi2. The highest BCUT2D eigenvalue weighted by Gasteiger charge is 2.41. The number of fused-ring (bicyclic) bond motifs is 2. The lowest BCUT2D eigenvalue weighted by Gasteiger charge is -2.41. The van der Waals surface area contributed by atoms with Crippen molar-refractivity contribution in [2.45, 2.75) is 76.8 Å². The van der Waals surface area contributed by atoms with E-state index in [-0.39, 0.29) is 0 Å². The van der Waals surface area contributed by atoms with Crippen molar-refractivity contribution < 1.29 is 4.12 Å². The predicted molar refractivity (Wildman–Crippen MR) is 121 cm³/mol. The van der Waals surface area contributed by atoms with Gasteiger partial charge in [0.1, 0.15) is 0 Å². The zero-order valence-electron chi connectivity index (χ0n) is 17.9. The van der Waals surface area contributed by atoms with Gasteiger partial charge >= 0.3 is 0 Å². The fraction of sp³-hybridized carbons (Fsp3) is 0.500. The molecule has 0 saturated carbocycles. The van der Waals surface area contributed by atoms with Gasteiger partial charge in [-0.05, 0) is 96.3 Å². The largest absolute Gasteiger partial charge is 0.455 e. The van der Waals surface area contributed by atoms with Crippen LogP contribution in [0.5, 0.6) is 0 Å². The summed E-state index contributed by atoms with van der Waals surface area (Å²) < 4.78 is 7.11. The van der Waals surface area contributed by atoms with Crippen molar-refractivity contribution in [3.63, 3.8) is 0 Å². The third-order valence-electron chi connectivity index (χ3n) is 7.40. The molecule has 2 unspecified atom stereocenters. The van der Waals surface area contributed by atoms with Gasteiger partial charge in [0.25, 0.3) is 0 Å². The van der Waals surface area contributed by atoms with Crippen LogP contribution < -0.4 is 0 Å². The van der Waals surface area contributed by atoms with Crippen LogP contribution in [0, 0.1) is 0 Å². The van der Waals surface area contributed by atoms with Crippen LogP contribution >= 0.6 is 0 Å². The lowest BCUT2D eigenvalue weighted by atomic mass is 9.87. The normalized spacial score (nSPS) is 18.0. The molecule has 0 bridgehead atoms. The van der Waals surface area contributed by atoms with Crippen LogP contribution in [0.25, 0.3) is 0 Å². The Morgan fingerprint density at radius 3 is 1.30 bits per heavy atom. The Morgan fingerprint density at radius 2 is 1.00 bits per heavy atom. The molecule has 2 aromatic rings. The molecule has 0 N–H and O–H groups in total. The van der Waals surface area contributed by atoms with Crippen molar-refractivity contribution in [2.24, 2.45) is 0 Å². The minimum atomic E-state index is -1.84. The summed E-state index contributed by atoms with van der Waals surface area (Å²) in [6.45, 7) is 14.5. The molecule has 2 aliphatic carbocycles. The monoisotopic (exact) mass is 394 g/mol. The fourth-order valence-electron chi connectivity index (χ4n) is 4.63. The average molecular weight is 395 g/mol. The van der Waals surface area contributed by atoms with Crippen LogP contribution in [-0.2, 0) is 29.8 Å². The summed E-state index contributed by atoms with van der Waals surface area (Å²) in [5, 5.41) is 0. The van der Waals surface area contributed by atoms with Gasteiger partial charge in [-0.2, -0.15) is 0 Å². The van der Waals surface area contributed by atoms with Crippen LogP contribution in [0.2, 0.25) is 26.2 Å². The molecule has 0 heterocycles. The van der Waals surface area contributed by atoms with Gasteiger partial charge in [-0.3, -0.25) is 0 Å². The fourth-order valence-corrected chi connectivity index (χ4v) is 13.4. The molecule has 1 nitrogen and oxygen atoms in total. The molecule has 3 heteroatoms. The van der Waals surface area contributed by atoms with Crippen LogP contribution in [0.4, 0.5) is 0 Å². The van der Waals surface area contributed by atoms with Crippen LogP contribution in [0.3, 0.4) is 0 Å². The van der Waals surface area contributed by atoms with Crippen molar-refractivity contribution >= 4 is 16.6 Å². The van der Waals surface area contributed by atoms with Crippen LogP contribution in [0.15, 0.2) is 36.4 Å². The Morgan fingerprint density at radius 1 is 0.630 bits per heavy atom. The summed E-state index contributed by atoms with van der Waals surface area (Å²) in [5.74, 6) is 0. The summed E-state index contributed by atoms with van der Waals surface area (Å²) >= 11 is 0. The Bertz CT molecular complexity index is 797. The molecule has 144 valence electrons. The number of hydrogen-bond donors (Lipinski definition) is 0. The van der Waals surface area contributed by atoms with E-state index in [1.165, 1.54) is 36.8 Å². The molecule has 2 aliphatic rings. The van der Waals surface area contributed by atoms with Crippen LogP contribution in [-0.4, -0.2) is 16.6 Å². The van der Waals surface area contributed by atoms with Gasteiger partial charge in [0.15, 0.2) is 16.6 Å². The molecule has 0 spiro atoms. The average Bonchev–Trinajstić information content (AvgIpc) is 2.55. The Hall–Kier alpha value is -1.17. The molecule has 2 atom stereocenters. The predicted octanol–water partition coefficient (Wildman–Crippen LogP) is 6.30. The zero-order chi connectivity index (χ0) is 19.4. The molecule has 27 heavy (non-hydrogen) atoms. The minimum absolute atomic E-state index is 0.527. The lowest BCUT2D eigenvalue weighted by Crippen LogP contribution is -2.50. The molecular weight excluding hydrogens is 360 g/mol. The maximum absolute atomic E-state index is 7.11. The summed E-state index contributed by atoms with van der Waals surface area (Å²) in [6.07, 6.45) is 5.04. The van der Waals surface area contributed by atoms with Crippen molar-refractivity contribution in [1.82, 2.24) is 0 Å². The van der Waals surface area contributed by atoms with Gasteiger partial charge in [-0.15, -0.1) is 0 Å². The van der Waals surface area contributed by atoms with E-state index in [4.69, 9.17) is 4.12 Å². The standard InChI is InChI=1S/C24H34OSi2/c1-17(21-11-7-19-9-13-23(19)15-21)26(3,4)25-27(5,6)18(2)22-12-8-20-10-14-24(20)16-22/h7-8,11-12,15-18H,9-10,13-14H2,1-6H3. The summed E-state index contributed by atoms with van der Waals surface area (Å²) in [4.78, 5) is 0. The first-order chi connectivity index (χ1) is 12.7. The van der Waals surface area contributed by atoms with Gasteiger partial charge in [-0.25, -0.2) is 0 Å². The van der Waals surface area contributed by atoms with Gasteiger partial charge in [-0.1, -0.05) is 50.2 Å². The molecule has 0 fully saturated rings. The van der Waals surface area contributed by atoms with Crippen molar-refractivity contribution in [1.29, 1.82) is 0 Å². The zero-order valence-corrected chi connectivity index (χ0v) is 19.9. The first kappa shape index (κ1) is 19.2. The van der Waals surface area contributed by atoms with E-state index >= 15 is 0 Å². The highest BCUT2D eigenvalue weighted by atomic mass is 28.4. The van der Waals surface area contributed by atoms with E-state index < -0.39 is 16.6 Å². The summed E-state index contributed by atoms with van der Waals surface area (Å²) in [5.41, 5.74) is 10.3. The molecule has 0 aromatic heterocycles.